The maximum absolute atomic E-state index is 5.97. The van der Waals surface area contributed by atoms with Crippen LogP contribution < -0.4 is 14.8 Å². The van der Waals surface area contributed by atoms with E-state index in [1.54, 1.807) is 7.11 Å². The zero-order valence-corrected chi connectivity index (χ0v) is 11.5. The summed E-state index contributed by atoms with van der Waals surface area (Å²) in [6.45, 7) is 5.35. The molecule has 3 nitrogen and oxygen atoms in total. The van der Waals surface area contributed by atoms with E-state index in [-0.39, 0.29) is 0 Å². The maximum atomic E-state index is 5.97. The van der Waals surface area contributed by atoms with Gasteiger partial charge in [-0.3, -0.25) is 0 Å². The van der Waals surface area contributed by atoms with Crippen molar-refractivity contribution in [1.29, 1.82) is 0 Å². The first-order valence-electron chi connectivity index (χ1n) is 6.77. The molecule has 2 rings (SSSR count). The van der Waals surface area contributed by atoms with E-state index in [0.29, 0.717) is 12.1 Å². The summed E-state index contributed by atoms with van der Waals surface area (Å²) in [6, 6.07) is 6.71. The van der Waals surface area contributed by atoms with E-state index >= 15 is 0 Å². The molecule has 0 amide bonds. The Kier molecular flexibility index (Phi) is 4.48. The second-order valence-electron chi connectivity index (χ2n) is 5.02. The molecule has 100 valence electrons. The van der Waals surface area contributed by atoms with E-state index in [2.05, 4.69) is 25.2 Å². The highest BCUT2D eigenvalue weighted by molar-refractivity contribution is 5.42. The molecule has 1 saturated carbocycles. The fraction of sp³-hybridized carbons (Fsp3) is 0.600. The highest BCUT2D eigenvalue weighted by Crippen LogP contribution is 2.33. The van der Waals surface area contributed by atoms with Gasteiger partial charge in [0.2, 0.25) is 0 Å². The molecule has 0 heterocycles. The number of hydrogen-bond acceptors (Lipinski definition) is 3. The molecule has 18 heavy (non-hydrogen) atoms. The van der Waals surface area contributed by atoms with Gasteiger partial charge in [0, 0.05) is 6.04 Å². The molecule has 0 radical (unpaired) electrons. The first-order chi connectivity index (χ1) is 8.72. The van der Waals surface area contributed by atoms with Crippen LogP contribution in [-0.4, -0.2) is 25.8 Å². The Morgan fingerprint density at radius 1 is 1.28 bits per heavy atom. The van der Waals surface area contributed by atoms with Crippen molar-refractivity contribution in [3.63, 3.8) is 0 Å². The maximum Gasteiger partial charge on any atom is 0.161 e. The highest BCUT2D eigenvalue weighted by atomic mass is 16.5. The monoisotopic (exact) mass is 249 g/mol. The standard InChI is InChI=1S/C15H23NO2/c1-4-7-16-12-9-13(10-12)18-14-6-5-11(2)8-15(14)17-3/h5-6,8,12-13,16H,4,7,9-10H2,1-3H3. The van der Waals surface area contributed by atoms with Gasteiger partial charge >= 0.3 is 0 Å². The second kappa shape index (κ2) is 6.10. The van der Waals surface area contributed by atoms with Crippen molar-refractivity contribution >= 4 is 0 Å². The van der Waals surface area contributed by atoms with Crippen LogP contribution in [0.4, 0.5) is 0 Å². The third-order valence-corrected chi connectivity index (χ3v) is 3.39. The fourth-order valence-electron chi connectivity index (χ4n) is 2.23. The lowest BCUT2D eigenvalue weighted by molar-refractivity contribution is 0.0822. The smallest absolute Gasteiger partial charge is 0.161 e. The Morgan fingerprint density at radius 2 is 2.06 bits per heavy atom. The molecule has 0 unspecified atom stereocenters. The first kappa shape index (κ1) is 13.2. The van der Waals surface area contributed by atoms with E-state index in [1.807, 2.05) is 12.1 Å². The Hall–Kier alpha value is -1.22. The number of methoxy groups -OCH3 is 1. The zero-order valence-electron chi connectivity index (χ0n) is 11.5. The molecule has 0 aromatic heterocycles. The topological polar surface area (TPSA) is 30.5 Å². The highest BCUT2D eigenvalue weighted by Gasteiger charge is 2.30. The average molecular weight is 249 g/mol. The number of rotatable bonds is 6. The van der Waals surface area contributed by atoms with Crippen LogP contribution in [0.5, 0.6) is 11.5 Å². The third kappa shape index (κ3) is 3.16. The van der Waals surface area contributed by atoms with Gasteiger partial charge in [-0.1, -0.05) is 13.0 Å². The minimum absolute atomic E-state index is 0.330. The largest absolute Gasteiger partial charge is 0.493 e. The molecular formula is C15H23NO2. The van der Waals surface area contributed by atoms with Crippen molar-refractivity contribution in [2.75, 3.05) is 13.7 Å². The minimum atomic E-state index is 0.330. The first-order valence-corrected chi connectivity index (χ1v) is 6.77. The quantitative estimate of drug-likeness (QED) is 0.841. The normalized spacial score (nSPS) is 22.4. The van der Waals surface area contributed by atoms with Crippen molar-refractivity contribution < 1.29 is 9.47 Å². The van der Waals surface area contributed by atoms with Crippen molar-refractivity contribution in [3.8, 4) is 11.5 Å². The molecule has 0 bridgehead atoms. The fourth-order valence-corrected chi connectivity index (χ4v) is 2.23. The van der Waals surface area contributed by atoms with Gasteiger partial charge in [0.15, 0.2) is 11.5 Å². The summed E-state index contributed by atoms with van der Waals surface area (Å²) in [7, 11) is 1.69. The minimum Gasteiger partial charge on any atom is -0.493 e. The van der Waals surface area contributed by atoms with Crippen LogP contribution in [0.15, 0.2) is 18.2 Å². The summed E-state index contributed by atoms with van der Waals surface area (Å²) in [4.78, 5) is 0. The van der Waals surface area contributed by atoms with Gasteiger partial charge in [0.25, 0.3) is 0 Å². The van der Waals surface area contributed by atoms with Crippen LogP contribution in [0.25, 0.3) is 0 Å². The van der Waals surface area contributed by atoms with Crippen LogP contribution in [-0.2, 0) is 0 Å². The predicted molar refractivity (Wildman–Crippen MR) is 73.5 cm³/mol. The Bertz CT molecular complexity index is 386. The summed E-state index contributed by atoms with van der Waals surface area (Å²) in [5, 5.41) is 3.51. The molecule has 1 N–H and O–H groups in total. The summed E-state index contributed by atoms with van der Waals surface area (Å²) >= 11 is 0. The SMILES string of the molecule is CCCNC1CC(Oc2ccc(C)cc2OC)C1. The lowest BCUT2D eigenvalue weighted by atomic mass is 9.89. The number of aryl methyl sites for hydroxylation is 1. The molecule has 1 fully saturated rings. The lowest BCUT2D eigenvalue weighted by Gasteiger charge is -2.36. The van der Waals surface area contributed by atoms with Gasteiger partial charge < -0.3 is 14.8 Å². The Morgan fingerprint density at radius 3 is 2.72 bits per heavy atom. The molecule has 1 aromatic rings. The van der Waals surface area contributed by atoms with Crippen molar-refractivity contribution in [2.45, 2.75) is 45.3 Å². The number of hydrogen-bond donors (Lipinski definition) is 1. The molecule has 0 atom stereocenters. The van der Waals surface area contributed by atoms with Crippen LogP contribution in [0, 0.1) is 6.92 Å². The van der Waals surface area contributed by atoms with E-state index in [4.69, 9.17) is 9.47 Å². The van der Waals surface area contributed by atoms with Gasteiger partial charge in [0.05, 0.1) is 7.11 Å². The van der Waals surface area contributed by atoms with E-state index in [0.717, 1.165) is 30.9 Å². The lowest BCUT2D eigenvalue weighted by Crippen LogP contribution is -2.47. The molecule has 0 spiro atoms. The van der Waals surface area contributed by atoms with Crippen LogP contribution in [0.2, 0.25) is 0 Å². The molecule has 0 aliphatic heterocycles. The molecular weight excluding hydrogens is 226 g/mol. The van der Waals surface area contributed by atoms with Gasteiger partial charge in [-0.25, -0.2) is 0 Å². The average Bonchev–Trinajstić information content (AvgIpc) is 2.33. The summed E-state index contributed by atoms with van der Waals surface area (Å²) < 4.78 is 11.3. The Balaban J connectivity index is 1.84. The number of benzene rings is 1. The van der Waals surface area contributed by atoms with Gasteiger partial charge in [-0.05, 0) is 50.4 Å². The van der Waals surface area contributed by atoms with Crippen molar-refractivity contribution in [3.05, 3.63) is 23.8 Å². The predicted octanol–water partition coefficient (Wildman–Crippen LogP) is 2.91. The van der Waals surface area contributed by atoms with Crippen molar-refractivity contribution in [2.24, 2.45) is 0 Å². The summed E-state index contributed by atoms with van der Waals surface area (Å²) in [5.74, 6) is 1.70. The number of ether oxygens (including phenoxy) is 2. The molecule has 1 aromatic carbocycles. The zero-order chi connectivity index (χ0) is 13.0. The van der Waals surface area contributed by atoms with E-state index in [1.165, 1.54) is 12.0 Å². The van der Waals surface area contributed by atoms with Crippen molar-refractivity contribution in [1.82, 2.24) is 5.32 Å². The summed E-state index contributed by atoms with van der Waals surface area (Å²) in [6.07, 6.45) is 3.71. The molecule has 1 aliphatic carbocycles. The second-order valence-corrected chi connectivity index (χ2v) is 5.02. The van der Waals surface area contributed by atoms with Crippen LogP contribution >= 0.6 is 0 Å². The van der Waals surface area contributed by atoms with Gasteiger partial charge in [0.1, 0.15) is 6.10 Å². The van der Waals surface area contributed by atoms with Crippen LogP contribution in [0.3, 0.4) is 0 Å². The van der Waals surface area contributed by atoms with E-state index < -0.39 is 0 Å². The van der Waals surface area contributed by atoms with Gasteiger partial charge in [-0.15, -0.1) is 0 Å². The van der Waals surface area contributed by atoms with E-state index in [9.17, 15) is 0 Å². The molecule has 0 saturated heterocycles. The molecule has 1 aliphatic rings. The van der Waals surface area contributed by atoms with Gasteiger partial charge in [-0.2, -0.15) is 0 Å². The third-order valence-electron chi connectivity index (χ3n) is 3.39. The molecule has 3 heteroatoms. The van der Waals surface area contributed by atoms with Crippen LogP contribution in [0.1, 0.15) is 31.7 Å². The number of nitrogens with one attached hydrogen (secondary N) is 1. The summed E-state index contributed by atoms with van der Waals surface area (Å²) in [5.41, 5.74) is 1.19. The Labute approximate surface area is 109 Å².